The van der Waals surface area contributed by atoms with E-state index in [0.717, 1.165) is 69.4 Å². The van der Waals surface area contributed by atoms with E-state index in [-0.39, 0.29) is 11.3 Å². The van der Waals surface area contributed by atoms with Crippen LogP contribution >= 0.6 is 0 Å². The highest BCUT2D eigenvalue weighted by Gasteiger charge is 2.36. The van der Waals surface area contributed by atoms with Crippen LogP contribution in [-0.4, -0.2) is 42.1 Å². The fourth-order valence-electron chi connectivity index (χ4n) is 5.05. The Bertz CT molecular complexity index is 884. The molecule has 0 aromatic heterocycles. The van der Waals surface area contributed by atoms with E-state index in [4.69, 9.17) is 0 Å². The van der Waals surface area contributed by atoms with E-state index in [1.54, 1.807) is 0 Å². The minimum Gasteiger partial charge on any atom is -0.508 e. The highest BCUT2D eigenvalue weighted by atomic mass is 16.3. The van der Waals surface area contributed by atoms with Crippen LogP contribution in [0.15, 0.2) is 47.6 Å². The molecule has 4 heteroatoms. The molecule has 1 fully saturated rings. The third-order valence-corrected chi connectivity index (χ3v) is 6.80. The zero-order valence-corrected chi connectivity index (χ0v) is 17.6. The molecular weight excluding hydrogens is 360 g/mol. The highest BCUT2D eigenvalue weighted by molar-refractivity contribution is 5.95. The first-order chi connectivity index (χ1) is 14.0. The van der Waals surface area contributed by atoms with Gasteiger partial charge in [-0.3, -0.25) is 4.79 Å². The first kappa shape index (κ1) is 20.0. The van der Waals surface area contributed by atoms with Crippen molar-refractivity contribution >= 4 is 11.5 Å². The number of hydrogen-bond acceptors (Lipinski definition) is 3. The van der Waals surface area contributed by atoms with Crippen molar-refractivity contribution in [3.8, 4) is 5.75 Å². The third-order valence-electron chi connectivity index (χ3n) is 6.80. The minimum absolute atomic E-state index is 0.163. The third kappa shape index (κ3) is 3.91. The van der Waals surface area contributed by atoms with Gasteiger partial charge in [0, 0.05) is 18.7 Å². The van der Waals surface area contributed by atoms with Crippen molar-refractivity contribution in [2.24, 2.45) is 5.41 Å². The normalized spacial score (nSPS) is 20.4. The van der Waals surface area contributed by atoms with Crippen LogP contribution in [0.2, 0.25) is 0 Å². The number of rotatable bonds is 4. The second-order valence-corrected chi connectivity index (χ2v) is 8.55. The number of phenols is 1. The summed E-state index contributed by atoms with van der Waals surface area (Å²) < 4.78 is 0. The maximum absolute atomic E-state index is 12.7. The molecule has 4 rings (SSSR count). The van der Waals surface area contributed by atoms with Gasteiger partial charge in [0.15, 0.2) is 0 Å². The Morgan fingerprint density at radius 2 is 1.90 bits per heavy atom. The molecule has 0 bridgehead atoms. The Kier molecular flexibility index (Phi) is 5.64. The summed E-state index contributed by atoms with van der Waals surface area (Å²) in [5.41, 5.74) is 6.14. The van der Waals surface area contributed by atoms with Gasteiger partial charge in [-0.2, -0.15) is 0 Å². The molecule has 29 heavy (non-hydrogen) atoms. The van der Waals surface area contributed by atoms with E-state index in [2.05, 4.69) is 23.5 Å². The van der Waals surface area contributed by atoms with Crippen LogP contribution < -0.4 is 5.32 Å². The smallest absolute Gasteiger partial charge is 0.249 e. The molecule has 154 valence electrons. The van der Waals surface area contributed by atoms with E-state index in [1.807, 2.05) is 37.0 Å². The Hall–Kier alpha value is -2.33. The van der Waals surface area contributed by atoms with Crippen LogP contribution in [0.4, 0.5) is 0 Å². The quantitative estimate of drug-likeness (QED) is 0.807. The van der Waals surface area contributed by atoms with Crippen LogP contribution in [0.3, 0.4) is 0 Å². The van der Waals surface area contributed by atoms with E-state index >= 15 is 0 Å². The summed E-state index contributed by atoms with van der Waals surface area (Å²) >= 11 is 0. The number of fused-ring (bicyclic) bond motifs is 1. The van der Waals surface area contributed by atoms with Crippen molar-refractivity contribution in [1.82, 2.24) is 10.2 Å². The largest absolute Gasteiger partial charge is 0.508 e. The zero-order valence-electron chi connectivity index (χ0n) is 17.6. The first-order valence-electron chi connectivity index (χ1n) is 11.0. The molecule has 1 aromatic rings. The van der Waals surface area contributed by atoms with Gasteiger partial charge in [-0.15, -0.1) is 0 Å². The zero-order chi connectivity index (χ0) is 20.4. The molecule has 0 atom stereocenters. The molecule has 1 spiro atoms. The number of amides is 1. The molecule has 3 aliphatic rings. The summed E-state index contributed by atoms with van der Waals surface area (Å²) in [5.74, 6) is 0.482. The molecule has 1 amide bonds. The van der Waals surface area contributed by atoms with Gasteiger partial charge in [-0.1, -0.05) is 24.3 Å². The number of nitrogens with zero attached hydrogens (tertiary/aromatic N) is 1. The highest BCUT2D eigenvalue weighted by Crippen LogP contribution is 2.46. The molecule has 4 nitrogen and oxygen atoms in total. The number of aromatic hydroxyl groups is 1. The average molecular weight is 393 g/mol. The predicted molar refractivity (Wildman–Crippen MR) is 118 cm³/mol. The summed E-state index contributed by atoms with van der Waals surface area (Å²) in [6.07, 6.45) is 11.6. The maximum atomic E-state index is 12.7. The van der Waals surface area contributed by atoms with Crippen molar-refractivity contribution in [2.45, 2.75) is 46.0 Å². The lowest BCUT2D eigenvalue weighted by Crippen LogP contribution is -2.38. The molecule has 2 aliphatic carbocycles. The lowest BCUT2D eigenvalue weighted by Gasteiger charge is -2.40. The van der Waals surface area contributed by atoms with E-state index in [9.17, 15) is 9.90 Å². The van der Waals surface area contributed by atoms with Crippen molar-refractivity contribution in [3.63, 3.8) is 0 Å². The van der Waals surface area contributed by atoms with Gasteiger partial charge in [0.05, 0.1) is 0 Å². The Labute approximate surface area is 174 Å². The van der Waals surface area contributed by atoms with Gasteiger partial charge in [0.1, 0.15) is 5.75 Å². The number of benzene rings is 1. The van der Waals surface area contributed by atoms with Gasteiger partial charge < -0.3 is 15.3 Å². The van der Waals surface area contributed by atoms with E-state index in [1.165, 1.54) is 16.7 Å². The van der Waals surface area contributed by atoms with Crippen molar-refractivity contribution < 1.29 is 9.90 Å². The number of piperidine rings is 1. The first-order valence-corrected chi connectivity index (χ1v) is 11.0. The second kappa shape index (κ2) is 8.19. The van der Waals surface area contributed by atoms with Gasteiger partial charge in [-0.05, 0) is 98.9 Å². The summed E-state index contributed by atoms with van der Waals surface area (Å²) in [4.78, 5) is 14.6. The summed E-state index contributed by atoms with van der Waals surface area (Å²) in [6, 6.07) is 5.82. The average Bonchev–Trinajstić information content (AvgIpc) is 2.75. The van der Waals surface area contributed by atoms with Crippen molar-refractivity contribution in [3.05, 3.63) is 58.7 Å². The van der Waals surface area contributed by atoms with Gasteiger partial charge in [0.2, 0.25) is 5.91 Å². The lowest BCUT2D eigenvalue weighted by molar-refractivity contribution is -0.126. The monoisotopic (exact) mass is 392 g/mol. The summed E-state index contributed by atoms with van der Waals surface area (Å²) in [5, 5.41) is 13.6. The Balaban J connectivity index is 1.70. The Morgan fingerprint density at radius 3 is 2.55 bits per heavy atom. The molecule has 1 heterocycles. The molecular formula is C25H32N2O2. The van der Waals surface area contributed by atoms with E-state index in [0.29, 0.717) is 5.75 Å². The molecule has 1 saturated heterocycles. The van der Waals surface area contributed by atoms with Crippen LogP contribution in [0, 0.1) is 5.41 Å². The molecule has 0 radical (unpaired) electrons. The van der Waals surface area contributed by atoms with Gasteiger partial charge >= 0.3 is 0 Å². The lowest BCUT2D eigenvalue weighted by atomic mass is 9.67. The minimum atomic E-state index is 0.163. The van der Waals surface area contributed by atoms with Crippen LogP contribution in [0.5, 0.6) is 5.75 Å². The predicted octanol–water partition coefficient (Wildman–Crippen LogP) is 4.22. The number of hydrogen-bond donors (Lipinski definition) is 2. The topological polar surface area (TPSA) is 52.6 Å². The fourth-order valence-corrected chi connectivity index (χ4v) is 5.05. The summed E-state index contributed by atoms with van der Waals surface area (Å²) in [7, 11) is 0. The Morgan fingerprint density at radius 1 is 1.14 bits per heavy atom. The van der Waals surface area contributed by atoms with Crippen molar-refractivity contribution in [1.29, 1.82) is 0 Å². The number of allylic oxidation sites excluding steroid dienone is 5. The van der Waals surface area contributed by atoms with E-state index < -0.39 is 0 Å². The number of phenolic OH excluding ortho intramolecular Hbond substituents is 1. The van der Waals surface area contributed by atoms with Crippen LogP contribution in [0.25, 0.3) is 5.57 Å². The maximum Gasteiger partial charge on any atom is 0.249 e. The van der Waals surface area contributed by atoms with Crippen LogP contribution in [-0.2, 0) is 11.2 Å². The molecule has 0 unspecified atom stereocenters. The number of carbonyl (C=O) groups excluding carboxylic acids is 1. The van der Waals surface area contributed by atoms with Crippen molar-refractivity contribution in [2.75, 3.05) is 26.2 Å². The molecule has 0 saturated carbocycles. The molecule has 2 N–H and O–H groups in total. The molecule has 1 aliphatic heterocycles. The SMILES string of the molecule is CCN(CC)C(=O)C1=CC=C(C2=CC3(CCNCC3)Cc3ccc(O)cc32)CC1. The number of likely N-dealkylation sites (N-methyl/N-ethyl adjacent to an activating group) is 1. The standard InChI is InChI=1S/C25H32N2O2/c1-3-27(4-2)24(29)19-7-5-18(6-8-19)23-17-25(11-13-26-14-12-25)16-20-9-10-21(28)15-22(20)23/h5,7,9-10,15,17,26,28H,3-4,6,8,11-14,16H2,1-2H3. The second-order valence-electron chi connectivity index (χ2n) is 8.55. The van der Waals surface area contributed by atoms with Crippen LogP contribution in [0.1, 0.15) is 50.7 Å². The molecule has 1 aromatic carbocycles. The van der Waals surface area contributed by atoms with Gasteiger partial charge in [0.25, 0.3) is 0 Å². The fraction of sp³-hybridized carbons (Fsp3) is 0.480. The summed E-state index contributed by atoms with van der Waals surface area (Å²) in [6.45, 7) is 7.66. The van der Waals surface area contributed by atoms with Gasteiger partial charge in [-0.25, -0.2) is 0 Å². The number of nitrogens with one attached hydrogen (secondary N) is 1. The number of carbonyl (C=O) groups is 1.